The van der Waals surface area contributed by atoms with Crippen molar-refractivity contribution in [2.75, 3.05) is 0 Å². The van der Waals surface area contributed by atoms with Gasteiger partial charge in [0.15, 0.2) is 0 Å². The van der Waals surface area contributed by atoms with Crippen molar-refractivity contribution in [3.8, 4) is 23.0 Å². The standard InChI is InChI=1S/C35H40O4/c1-21-15-27(16-22(2)32(21)37)11-13-35(29-7-9-31(36)10-8-29,30-19-25(5)34(39)26(6)20-30)14-12-28-17-23(3)33(38)24(4)18-28/h7-10,15-20,36-39H,11-14H2,1-6H3. The first-order valence-corrected chi connectivity index (χ1v) is 13.6. The number of rotatable bonds is 8. The number of phenols is 4. The second-order valence-corrected chi connectivity index (χ2v) is 11.2. The molecule has 0 aromatic heterocycles. The molecule has 4 N–H and O–H groups in total. The first-order valence-electron chi connectivity index (χ1n) is 13.6. The highest BCUT2D eigenvalue weighted by atomic mass is 16.3. The molecule has 0 unspecified atom stereocenters. The Morgan fingerprint density at radius 1 is 0.462 bits per heavy atom. The van der Waals surface area contributed by atoms with E-state index in [-0.39, 0.29) is 5.75 Å². The van der Waals surface area contributed by atoms with Crippen LogP contribution in [-0.4, -0.2) is 20.4 Å². The van der Waals surface area contributed by atoms with Crippen LogP contribution < -0.4 is 0 Å². The summed E-state index contributed by atoms with van der Waals surface area (Å²) in [6.45, 7) is 11.6. The normalized spacial score (nSPS) is 11.6. The quantitative estimate of drug-likeness (QED) is 0.189. The Labute approximate surface area is 232 Å². The van der Waals surface area contributed by atoms with Crippen molar-refractivity contribution in [2.45, 2.75) is 72.6 Å². The number of phenolic OH excluding ortho intramolecular Hbond substituents is 4. The van der Waals surface area contributed by atoms with E-state index in [9.17, 15) is 20.4 Å². The second-order valence-electron chi connectivity index (χ2n) is 11.2. The zero-order valence-corrected chi connectivity index (χ0v) is 23.9. The van der Waals surface area contributed by atoms with Crippen LogP contribution in [0.4, 0.5) is 0 Å². The monoisotopic (exact) mass is 524 g/mol. The molecule has 204 valence electrons. The summed E-state index contributed by atoms with van der Waals surface area (Å²) in [5.41, 5.74) is 9.27. The minimum atomic E-state index is -0.420. The molecule has 0 fully saturated rings. The molecule has 0 heterocycles. The highest BCUT2D eigenvalue weighted by molar-refractivity contribution is 5.50. The fourth-order valence-electron chi connectivity index (χ4n) is 5.98. The maximum Gasteiger partial charge on any atom is 0.121 e. The average Bonchev–Trinajstić information content (AvgIpc) is 2.89. The molecule has 0 saturated carbocycles. The van der Waals surface area contributed by atoms with E-state index in [0.29, 0.717) is 17.2 Å². The maximum absolute atomic E-state index is 10.6. The number of hydrogen-bond acceptors (Lipinski definition) is 4. The second kappa shape index (κ2) is 11.1. The van der Waals surface area contributed by atoms with Crippen molar-refractivity contribution in [1.82, 2.24) is 0 Å². The summed E-state index contributed by atoms with van der Waals surface area (Å²) in [5, 5.41) is 41.4. The number of benzene rings is 4. The third-order valence-electron chi connectivity index (χ3n) is 8.25. The van der Waals surface area contributed by atoms with Crippen molar-refractivity contribution in [2.24, 2.45) is 0 Å². The van der Waals surface area contributed by atoms with Crippen LogP contribution in [0.1, 0.15) is 68.5 Å². The van der Waals surface area contributed by atoms with Gasteiger partial charge in [0.1, 0.15) is 23.0 Å². The van der Waals surface area contributed by atoms with E-state index in [1.807, 2.05) is 53.7 Å². The van der Waals surface area contributed by atoms with Gasteiger partial charge in [0.2, 0.25) is 0 Å². The Kier molecular flexibility index (Phi) is 7.96. The first-order chi connectivity index (χ1) is 18.4. The molecule has 0 aliphatic carbocycles. The molecule has 0 atom stereocenters. The summed E-state index contributed by atoms with van der Waals surface area (Å²) in [4.78, 5) is 0. The lowest BCUT2D eigenvalue weighted by atomic mass is 9.67. The van der Waals surface area contributed by atoms with Gasteiger partial charge in [0.05, 0.1) is 0 Å². The van der Waals surface area contributed by atoms with E-state index in [4.69, 9.17) is 0 Å². The van der Waals surface area contributed by atoms with Crippen molar-refractivity contribution < 1.29 is 20.4 Å². The van der Waals surface area contributed by atoms with Gasteiger partial charge >= 0.3 is 0 Å². The Hall–Kier alpha value is -3.92. The number of hydrogen-bond donors (Lipinski definition) is 4. The van der Waals surface area contributed by atoms with Gasteiger partial charge in [-0.3, -0.25) is 0 Å². The van der Waals surface area contributed by atoms with E-state index in [2.05, 4.69) is 36.4 Å². The number of aromatic hydroxyl groups is 4. The molecule has 0 amide bonds. The summed E-state index contributed by atoms with van der Waals surface area (Å²) in [5.74, 6) is 1.21. The molecule has 4 aromatic rings. The van der Waals surface area contributed by atoms with Gasteiger partial charge in [0.25, 0.3) is 0 Å². The predicted octanol–water partition coefficient (Wildman–Crippen LogP) is 7.91. The molecular weight excluding hydrogens is 484 g/mol. The third-order valence-corrected chi connectivity index (χ3v) is 8.25. The topological polar surface area (TPSA) is 80.9 Å². The summed E-state index contributed by atoms with van der Waals surface area (Å²) in [6, 6.07) is 19.9. The Bertz CT molecular complexity index is 1370. The third kappa shape index (κ3) is 5.75. The molecule has 0 aliphatic heterocycles. The van der Waals surface area contributed by atoms with Gasteiger partial charge < -0.3 is 20.4 Å². The van der Waals surface area contributed by atoms with Crippen LogP contribution in [0, 0.1) is 41.5 Å². The van der Waals surface area contributed by atoms with Crippen LogP contribution in [0.3, 0.4) is 0 Å². The average molecular weight is 525 g/mol. The van der Waals surface area contributed by atoms with Crippen LogP contribution >= 0.6 is 0 Å². The molecule has 0 aliphatic rings. The Morgan fingerprint density at radius 2 is 0.795 bits per heavy atom. The lowest BCUT2D eigenvalue weighted by molar-refractivity contribution is 0.429. The maximum atomic E-state index is 10.6. The fourth-order valence-corrected chi connectivity index (χ4v) is 5.98. The molecule has 4 rings (SSSR count). The highest BCUT2D eigenvalue weighted by Crippen LogP contribution is 2.44. The van der Waals surface area contributed by atoms with Gasteiger partial charge in [0, 0.05) is 5.41 Å². The van der Waals surface area contributed by atoms with Crippen molar-refractivity contribution in [3.05, 3.63) is 116 Å². The summed E-state index contributed by atoms with van der Waals surface area (Å²) < 4.78 is 0. The molecule has 4 heteroatoms. The van der Waals surface area contributed by atoms with E-state index in [0.717, 1.165) is 81.3 Å². The molecule has 4 aromatic carbocycles. The van der Waals surface area contributed by atoms with E-state index in [1.165, 1.54) is 0 Å². The lowest BCUT2D eigenvalue weighted by Crippen LogP contribution is -2.30. The van der Waals surface area contributed by atoms with Gasteiger partial charge in [-0.2, -0.15) is 0 Å². The van der Waals surface area contributed by atoms with E-state index >= 15 is 0 Å². The van der Waals surface area contributed by atoms with Gasteiger partial charge in [-0.1, -0.05) is 48.5 Å². The Balaban J connectivity index is 1.87. The molecule has 0 spiro atoms. The smallest absolute Gasteiger partial charge is 0.121 e. The molecular formula is C35H40O4. The summed E-state index contributed by atoms with van der Waals surface area (Å²) in [6.07, 6.45) is 3.16. The minimum Gasteiger partial charge on any atom is -0.508 e. The highest BCUT2D eigenvalue weighted by Gasteiger charge is 2.35. The predicted molar refractivity (Wildman–Crippen MR) is 158 cm³/mol. The molecule has 0 saturated heterocycles. The zero-order valence-electron chi connectivity index (χ0n) is 23.9. The van der Waals surface area contributed by atoms with E-state index < -0.39 is 5.41 Å². The minimum absolute atomic E-state index is 0.222. The number of aryl methyl sites for hydroxylation is 8. The van der Waals surface area contributed by atoms with Gasteiger partial charge in [-0.05, 0) is 135 Å². The van der Waals surface area contributed by atoms with Crippen LogP contribution in [-0.2, 0) is 18.3 Å². The molecule has 39 heavy (non-hydrogen) atoms. The van der Waals surface area contributed by atoms with Crippen molar-refractivity contribution in [3.63, 3.8) is 0 Å². The van der Waals surface area contributed by atoms with E-state index in [1.54, 1.807) is 12.1 Å². The summed E-state index contributed by atoms with van der Waals surface area (Å²) in [7, 11) is 0. The van der Waals surface area contributed by atoms with Crippen molar-refractivity contribution >= 4 is 0 Å². The van der Waals surface area contributed by atoms with Crippen LogP contribution in [0.15, 0.2) is 60.7 Å². The lowest BCUT2D eigenvalue weighted by Gasteiger charge is -2.37. The molecule has 4 nitrogen and oxygen atoms in total. The Morgan fingerprint density at radius 3 is 1.15 bits per heavy atom. The first kappa shape index (κ1) is 28.1. The van der Waals surface area contributed by atoms with Crippen LogP contribution in [0.2, 0.25) is 0 Å². The molecule has 0 bridgehead atoms. The largest absolute Gasteiger partial charge is 0.508 e. The van der Waals surface area contributed by atoms with Gasteiger partial charge in [-0.25, -0.2) is 0 Å². The van der Waals surface area contributed by atoms with Crippen LogP contribution in [0.25, 0.3) is 0 Å². The molecule has 0 radical (unpaired) electrons. The SMILES string of the molecule is Cc1cc(CCC(CCc2cc(C)c(O)c(C)c2)(c2ccc(O)cc2)c2cc(C)c(O)c(C)c2)cc(C)c1O. The van der Waals surface area contributed by atoms with Crippen LogP contribution in [0.5, 0.6) is 23.0 Å². The van der Waals surface area contributed by atoms with Gasteiger partial charge in [-0.15, -0.1) is 0 Å². The zero-order chi connectivity index (χ0) is 28.5. The van der Waals surface area contributed by atoms with Crippen molar-refractivity contribution in [1.29, 1.82) is 0 Å². The summed E-state index contributed by atoms with van der Waals surface area (Å²) >= 11 is 0. The fraction of sp³-hybridized carbons (Fsp3) is 0.314.